The van der Waals surface area contributed by atoms with Gasteiger partial charge in [-0.15, -0.1) is 0 Å². The van der Waals surface area contributed by atoms with Crippen LogP contribution < -0.4 is 0 Å². The predicted molar refractivity (Wildman–Crippen MR) is 25.0 cm³/mol. The fraction of sp³-hybridized carbons (Fsp3) is 1.00. The number of nitrogens with zero attached hydrogens (tertiary/aromatic N) is 1. The van der Waals surface area contributed by atoms with Crippen molar-refractivity contribution in [2.24, 2.45) is 0 Å². The van der Waals surface area contributed by atoms with E-state index in [1.165, 1.54) is 7.05 Å². The van der Waals surface area contributed by atoms with Crippen LogP contribution in [0, 0.1) is 0 Å². The highest BCUT2D eigenvalue weighted by Gasteiger charge is 1.88. The minimum Gasteiger partial charge on any atom is -0.201 e. The topological polar surface area (TPSA) is 46.6 Å². The number of rotatable bonds is 2. The van der Waals surface area contributed by atoms with Gasteiger partial charge in [-0.25, -0.2) is 8.42 Å². The second kappa shape index (κ2) is 3.20. The molecule has 0 fully saturated rings. The molecule has 6 heteroatoms. The summed E-state index contributed by atoms with van der Waals surface area (Å²) in [5.74, 6) is 0. The molecule has 0 N–H and O–H groups in total. The van der Waals surface area contributed by atoms with Crippen LogP contribution in [-0.4, -0.2) is 20.0 Å². The van der Waals surface area contributed by atoms with Crippen molar-refractivity contribution < 1.29 is 12.7 Å². The minimum atomic E-state index is -2.85. The predicted octanol–water partition coefficient (Wildman–Crippen LogP) is -0.470. The Kier molecular flexibility index (Phi) is 3.27. The zero-order valence-electron chi connectivity index (χ0n) is 3.50. The van der Waals surface area contributed by atoms with Crippen LogP contribution in [0.1, 0.15) is 0 Å². The van der Waals surface area contributed by atoms with E-state index in [0.29, 0.717) is 4.58 Å². The molecule has 0 heterocycles. The van der Waals surface area contributed by atoms with E-state index in [-0.39, 0.29) is 0 Å². The van der Waals surface area contributed by atoms with Gasteiger partial charge in [0.15, 0.2) is 0 Å². The molecule has 0 bridgehead atoms. The maximum Gasteiger partial charge on any atom is 0.274 e. The average molecular weight is 146 g/mol. The Bertz CT molecular complexity index is 102. The maximum atomic E-state index is 9.50. The smallest absolute Gasteiger partial charge is 0.201 e. The number of halogens is 1. The summed E-state index contributed by atoms with van der Waals surface area (Å²) < 4.78 is 23.4. The van der Waals surface area contributed by atoms with E-state index in [2.05, 4.69) is 4.28 Å². The molecule has 0 unspecified atom stereocenters. The van der Waals surface area contributed by atoms with E-state index >= 15 is 0 Å². The summed E-state index contributed by atoms with van der Waals surface area (Å²) in [6.45, 7) is 0. The fourth-order valence-corrected chi connectivity index (χ4v) is 0.427. The molecule has 0 spiro atoms. The first-order chi connectivity index (χ1) is 3.13. The van der Waals surface area contributed by atoms with E-state index in [0.717, 1.165) is 0 Å². The van der Waals surface area contributed by atoms with E-state index < -0.39 is 11.0 Å². The molecule has 0 saturated heterocycles. The van der Waals surface area contributed by atoms with Crippen molar-refractivity contribution in [3.8, 4) is 0 Å². The SMILES string of the molecule is CN(Cl)O[SH](=O)=O. The first-order valence-corrected chi connectivity index (χ1v) is 2.78. The summed E-state index contributed by atoms with van der Waals surface area (Å²) in [5, 5.41) is 0. The maximum absolute atomic E-state index is 9.50. The number of hydrogen-bond acceptors (Lipinski definition) is 4. The monoisotopic (exact) mass is 145 g/mol. The van der Waals surface area contributed by atoms with Crippen molar-refractivity contribution in [2.45, 2.75) is 0 Å². The lowest BCUT2D eigenvalue weighted by Gasteiger charge is -1.95. The summed E-state index contributed by atoms with van der Waals surface area (Å²) in [7, 11) is -1.59. The molecule has 0 aromatic heterocycles. The van der Waals surface area contributed by atoms with Crippen molar-refractivity contribution in [3.63, 3.8) is 0 Å². The van der Waals surface area contributed by atoms with Gasteiger partial charge in [-0.2, -0.15) is 4.28 Å². The van der Waals surface area contributed by atoms with Crippen LogP contribution in [0.2, 0.25) is 0 Å². The zero-order chi connectivity index (χ0) is 5.86. The summed E-state index contributed by atoms with van der Waals surface area (Å²) >= 11 is 4.90. The molecular formula is CH4ClNO3S. The summed E-state index contributed by atoms with van der Waals surface area (Å²) in [6.07, 6.45) is 0. The fourth-order valence-electron chi connectivity index (χ4n) is 0.0919. The molecule has 4 nitrogen and oxygen atoms in total. The van der Waals surface area contributed by atoms with Crippen molar-refractivity contribution >= 4 is 22.8 Å². The molecule has 0 saturated carbocycles. The normalized spacial score (nSPS) is 10.9. The Morgan fingerprint density at radius 1 is 1.71 bits per heavy atom. The third-order valence-corrected chi connectivity index (χ3v) is 0.723. The molecule has 44 valence electrons. The van der Waals surface area contributed by atoms with Crippen LogP contribution in [0.25, 0.3) is 0 Å². The quantitative estimate of drug-likeness (QED) is 0.324. The van der Waals surface area contributed by atoms with Gasteiger partial charge < -0.3 is 0 Å². The average Bonchev–Trinajstić information content (AvgIpc) is 1.27. The van der Waals surface area contributed by atoms with Gasteiger partial charge in [0.1, 0.15) is 0 Å². The zero-order valence-corrected chi connectivity index (χ0v) is 5.15. The third kappa shape index (κ3) is 6.16. The Morgan fingerprint density at radius 3 is 2.14 bits per heavy atom. The van der Waals surface area contributed by atoms with Gasteiger partial charge in [-0.05, 0) is 0 Å². The van der Waals surface area contributed by atoms with Gasteiger partial charge in [0.25, 0.3) is 11.0 Å². The van der Waals surface area contributed by atoms with E-state index in [4.69, 9.17) is 11.8 Å². The van der Waals surface area contributed by atoms with Gasteiger partial charge in [-0.3, -0.25) is 0 Å². The Morgan fingerprint density at radius 2 is 2.14 bits per heavy atom. The van der Waals surface area contributed by atoms with Crippen molar-refractivity contribution in [3.05, 3.63) is 0 Å². The second-order valence-corrected chi connectivity index (χ2v) is 1.81. The number of hydrogen-bond donors (Lipinski definition) is 1. The molecule has 0 atom stereocenters. The number of thiol groups is 1. The van der Waals surface area contributed by atoms with Crippen LogP contribution in [-0.2, 0) is 15.3 Å². The lowest BCUT2D eigenvalue weighted by Crippen LogP contribution is -2.03. The molecule has 0 aliphatic rings. The van der Waals surface area contributed by atoms with Crippen LogP contribution in [0.5, 0.6) is 0 Å². The molecule has 0 aliphatic carbocycles. The summed E-state index contributed by atoms with van der Waals surface area (Å²) in [6, 6.07) is 0. The Labute approximate surface area is 47.8 Å². The van der Waals surface area contributed by atoms with Crippen LogP contribution in [0.4, 0.5) is 0 Å². The highest BCUT2D eigenvalue weighted by molar-refractivity contribution is 7.67. The van der Waals surface area contributed by atoms with Crippen molar-refractivity contribution in [1.82, 2.24) is 4.58 Å². The first-order valence-electron chi connectivity index (χ1n) is 1.35. The highest BCUT2D eigenvalue weighted by Crippen LogP contribution is 1.86. The standard InChI is InChI=1S/CH4ClNO3S/c1-3(2)6-7(4)5/h7H,1H3. The summed E-state index contributed by atoms with van der Waals surface area (Å²) in [4.78, 5) is 0. The van der Waals surface area contributed by atoms with Crippen LogP contribution in [0.3, 0.4) is 0 Å². The van der Waals surface area contributed by atoms with Gasteiger partial charge in [0, 0.05) is 18.8 Å². The van der Waals surface area contributed by atoms with E-state index in [1.807, 2.05) is 0 Å². The van der Waals surface area contributed by atoms with Gasteiger partial charge >= 0.3 is 0 Å². The lowest BCUT2D eigenvalue weighted by molar-refractivity contribution is 0.0855. The van der Waals surface area contributed by atoms with Crippen LogP contribution in [0.15, 0.2) is 0 Å². The van der Waals surface area contributed by atoms with Gasteiger partial charge in [0.05, 0.1) is 0 Å². The second-order valence-electron chi connectivity index (χ2n) is 0.726. The largest absolute Gasteiger partial charge is 0.274 e. The molecule has 0 radical (unpaired) electrons. The molecule has 0 aliphatic heterocycles. The van der Waals surface area contributed by atoms with Gasteiger partial charge in [0.2, 0.25) is 0 Å². The Balaban J connectivity index is 3.32. The summed E-state index contributed by atoms with van der Waals surface area (Å²) in [5.41, 5.74) is 0. The minimum absolute atomic E-state index is 0.575. The molecular weight excluding hydrogens is 142 g/mol. The molecule has 0 amide bonds. The lowest BCUT2D eigenvalue weighted by atomic mass is 11.6. The van der Waals surface area contributed by atoms with E-state index in [1.54, 1.807) is 0 Å². The van der Waals surface area contributed by atoms with Crippen molar-refractivity contribution in [2.75, 3.05) is 7.05 Å². The third-order valence-electron chi connectivity index (χ3n) is 0.179. The molecule has 0 aromatic rings. The van der Waals surface area contributed by atoms with E-state index in [9.17, 15) is 8.42 Å². The Hall–Kier alpha value is 0.160. The van der Waals surface area contributed by atoms with Crippen LogP contribution >= 0.6 is 11.8 Å². The molecule has 0 aromatic carbocycles. The molecule has 7 heavy (non-hydrogen) atoms. The highest BCUT2D eigenvalue weighted by atomic mass is 35.5. The molecule has 0 rings (SSSR count). The van der Waals surface area contributed by atoms with Crippen molar-refractivity contribution in [1.29, 1.82) is 0 Å². The van der Waals surface area contributed by atoms with Gasteiger partial charge in [-0.1, -0.05) is 4.58 Å². The number of hydroxylamine groups is 1. The first kappa shape index (κ1) is 7.16.